The van der Waals surface area contributed by atoms with Crippen molar-refractivity contribution < 1.29 is 23.9 Å². The van der Waals surface area contributed by atoms with E-state index >= 15 is 0 Å². The Hall–Kier alpha value is -4.58. The average Bonchev–Trinajstić information content (AvgIpc) is 3.36. The lowest BCUT2D eigenvalue weighted by Gasteiger charge is -2.21. The minimum absolute atomic E-state index is 0.00929. The van der Waals surface area contributed by atoms with Crippen LogP contribution in [0.1, 0.15) is 27.9 Å². The minimum Gasteiger partial charge on any atom is -0.405 e. The van der Waals surface area contributed by atoms with Crippen molar-refractivity contribution in [3.8, 4) is 0 Å². The highest BCUT2D eigenvalue weighted by molar-refractivity contribution is 7.80. The van der Waals surface area contributed by atoms with E-state index < -0.39 is 6.10 Å². The Morgan fingerprint density at radius 2 is 1.51 bits per heavy atom. The Labute approximate surface area is 243 Å². The Kier molecular flexibility index (Phi) is 11.4. The Morgan fingerprint density at radius 3 is 2.15 bits per heavy atom. The lowest BCUT2D eigenvalue weighted by atomic mass is 10.2. The summed E-state index contributed by atoms with van der Waals surface area (Å²) in [5.74, 6) is 0.00561. The summed E-state index contributed by atoms with van der Waals surface area (Å²) < 4.78 is 13.2. The maximum atomic E-state index is 12.5. The Morgan fingerprint density at radius 1 is 0.902 bits per heavy atom. The molecule has 0 aliphatic heterocycles. The first-order chi connectivity index (χ1) is 20.1. The number of anilines is 2. The van der Waals surface area contributed by atoms with E-state index in [1.54, 1.807) is 24.3 Å². The van der Waals surface area contributed by atoms with Gasteiger partial charge >= 0.3 is 0 Å². The molecule has 0 fully saturated rings. The number of imidazole rings is 1. The molecule has 4 rings (SSSR count). The van der Waals surface area contributed by atoms with E-state index in [2.05, 4.69) is 20.9 Å². The summed E-state index contributed by atoms with van der Waals surface area (Å²) in [6.45, 7) is 1.55. The molecule has 0 aliphatic rings. The van der Waals surface area contributed by atoms with Crippen molar-refractivity contribution in [2.24, 2.45) is 0 Å². The number of hydrogen-bond acceptors (Lipinski definition) is 7. The zero-order chi connectivity index (χ0) is 28.7. The summed E-state index contributed by atoms with van der Waals surface area (Å²) >= 11 is 5.33. The van der Waals surface area contributed by atoms with Crippen LogP contribution in [0.15, 0.2) is 97.2 Å². The molecular weight excluding hydrogens is 542 g/mol. The molecule has 4 aromatic rings. The number of carbonyl (C=O) groups is 2. The maximum absolute atomic E-state index is 12.5. The smallest absolute Gasteiger partial charge is 0.257 e. The number of aromatic nitrogens is 2. The second-order valence-electron chi connectivity index (χ2n) is 8.87. The normalized spacial score (nSPS) is 11.3. The SMILES string of the molecule is O=CNc1cn(O[C@@H](CCOCc2ccccc2)COCc2ccccc2)c(NC(=S)NC(=O)c2ccccc2)n1. The fraction of sp³-hybridized carbons (Fsp3) is 0.200. The quantitative estimate of drug-likeness (QED) is 0.110. The van der Waals surface area contributed by atoms with Gasteiger partial charge in [-0.3, -0.25) is 20.2 Å². The van der Waals surface area contributed by atoms with E-state index in [0.29, 0.717) is 38.2 Å². The van der Waals surface area contributed by atoms with Gasteiger partial charge in [0.15, 0.2) is 17.0 Å². The topological polar surface area (TPSA) is 116 Å². The molecule has 0 saturated carbocycles. The van der Waals surface area contributed by atoms with Crippen LogP contribution in [0.25, 0.3) is 0 Å². The molecular formula is C30H31N5O5S. The van der Waals surface area contributed by atoms with Crippen LogP contribution in [0.5, 0.6) is 0 Å². The second-order valence-corrected chi connectivity index (χ2v) is 9.28. The minimum atomic E-state index is -0.444. The number of nitrogens with one attached hydrogen (secondary N) is 3. The van der Waals surface area contributed by atoms with Crippen molar-refractivity contribution in [3.63, 3.8) is 0 Å². The zero-order valence-electron chi connectivity index (χ0n) is 22.3. The lowest BCUT2D eigenvalue weighted by Crippen LogP contribution is -2.36. The number of hydrogen-bond donors (Lipinski definition) is 3. The van der Waals surface area contributed by atoms with E-state index in [-0.39, 0.29) is 29.4 Å². The van der Waals surface area contributed by atoms with E-state index in [1.807, 2.05) is 66.7 Å². The molecule has 3 aromatic carbocycles. The highest BCUT2D eigenvalue weighted by Gasteiger charge is 2.18. The third-order valence-corrected chi connectivity index (χ3v) is 5.95. The van der Waals surface area contributed by atoms with E-state index in [1.165, 1.54) is 10.9 Å². The number of ether oxygens (including phenoxy) is 2. The van der Waals surface area contributed by atoms with E-state index in [0.717, 1.165) is 11.1 Å². The van der Waals surface area contributed by atoms with Crippen LogP contribution in [0.4, 0.5) is 11.8 Å². The molecule has 41 heavy (non-hydrogen) atoms. The third kappa shape index (κ3) is 9.84. The van der Waals surface area contributed by atoms with Gasteiger partial charge in [0.05, 0.1) is 32.6 Å². The van der Waals surface area contributed by atoms with Crippen molar-refractivity contribution in [2.45, 2.75) is 25.7 Å². The van der Waals surface area contributed by atoms with Gasteiger partial charge in [-0.25, -0.2) is 0 Å². The van der Waals surface area contributed by atoms with E-state index in [9.17, 15) is 9.59 Å². The number of rotatable bonds is 15. The molecule has 1 heterocycles. The van der Waals surface area contributed by atoms with Crippen LogP contribution >= 0.6 is 12.2 Å². The van der Waals surface area contributed by atoms with Gasteiger partial charge < -0.3 is 19.6 Å². The summed E-state index contributed by atoms with van der Waals surface area (Å²) in [6.07, 6.45) is 2.06. The molecule has 0 radical (unpaired) electrons. The maximum Gasteiger partial charge on any atom is 0.257 e. The highest BCUT2D eigenvalue weighted by Crippen LogP contribution is 2.14. The number of carbonyl (C=O) groups excluding carboxylic acids is 2. The molecule has 0 bridgehead atoms. The zero-order valence-corrected chi connectivity index (χ0v) is 23.1. The van der Waals surface area contributed by atoms with Crippen LogP contribution in [-0.4, -0.2) is 46.5 Å². The van der Waals surface area contributed by atoms with Crippen LogP contribution in [-0.2, 0) is 27.5 Å². The molecule has 11 heteroatoms. The molecule has 0 spiro atoms. The summed E-state index contributed by atoms with van der Waals surface area (Å²) in [5.41, 5.74) is 2.56. The van der Waals surface area contributed by atoms with Crippen molar-refractivity contribution in [3.05, 3.63) is 114 Å². The molecule has 0 saturated heterocycles. The first-order valence-electron chi connectivity index (χ1n) is 13.0. The lowest BCUT2D eigenvalue weighted by molar-refractivity contribution is -0.105. The van der Waals surface area contributed by atoms with Gasteiger partial charge in [0, 0.05) is 12.0 Å². The molecule has 10 nitrogen and oxygen atoms in total. The van der Waals surface area contributed by atoms with Gasteiger partial charge in [0.2, 0.25) is 12.4 Å². The van der Waals surface area contributed by atoms with Crippen LogP contribution < -0.4 is 20.8 Å². The van der Waals surface area contributed by atoms with Gasteiger partial charge in [-0.2, -0.15) is 9.71 Å². The number of amides is 2. The van der Waals surface area contributed by atoms with Crippen LogP contribution in [0, 0.1) is 0 Å². The van der Waals surface area contributed by atoms with Gasteiger partial charge in [-0.15, -0.1) is 0 Å². The fourth-order valence-corrected chi connectivity index (χ4v) is 3.93. The Bertz CT molecular complexity index is 1390. The van der Waals surface area contributed by atoms with Crippen molar-refractivity contribution in [1.82, 2.24) is 15.0 Å². The summed E-state index contributed by atoms with van der Waals surface area (Å²) in [4.78, 5) is 34.1. The molecule has 1 aromatic heterocycles. The van der Waals surface area contributed by atoms with Gasteiger partial charge in [0.25, 0.3) is 5.91 Å². The summed E-state index contributed by atoms with van der Waals surface area (Å²) in [5, 5.41) is 7.99. The summed E-state index contributed by atoms with van der Waals surface area (Å²) in [6, 6.07) is 28.4. The predicted molar refractivity (Wildman–Crippen MR) is 159 cm³/mol. The number of benzene rings is 3. The average molecular weight is 574 g/mol. The van der Waals surface area contributed by atoms with E-state index in [4.69, 9.17) is 26.5 Å². The standard InChI is InChI=1S/C30H31N5O5S/c36-22-31-27-18-35(29(32-27)34-30(41)33-28(37)25-14-8-3-9-15-25)40-26(21-39-20-24-12-6-2-7-13-24)16-17-38-19-23-10-4-1-5-11-23/h1-15,18,22,26H,16-17,19-21H2,(H,31,36)(H2,32,33,34,37,41)/t26-/m0/s1. The largest absolute Gasteiger partial charge is 0.405 e. The highest BCUT2D eigenvalue weighted by atomic mass is 32.1. The first kappa shape index (κ1) is 29.4. The molecule has 212 valence electrons. The van der Waals surface area contributed by atoms with Gasteiger partial charge in [-0.05, 0) is 35.5 Å². The second kappa shape index (κ2) is 15.9. The monoisotopic (exact) mass is 573 g/mol. The molecule has 3 N–H and O–H groups in total. The fourth-order valence-electron chi connectivity index (χ4n) is 3.74. The molecule has 1 atom stereocenters. The van der Waals surface area contributed by atoms with Gasteiger partial charge in [-0.1, -0.05) is 78.9 Å². The van der Waals surface area contributed by atoms with Crippen molar-refractivity contribution in [2.75, 3.05) is 23.8 Å². The first-order valence-corrected chi connectivity index (χ1v) is 13.4. The predicted octanol–water partition coefficient (Wildman–Crippen LogP) is 4.20. The van der Waals surface area contributed by atoms with Crippen molar-refractivity contribution in [1.29, 1.82) is 0 Å². The third-order valence-electron chi connectivity index (χ3n) is 5.74. The summed E-state index contributed by atoms with van der Waals surface area (Å²) in [7, 11) is 0. The van der Waals surface area contributed by atoms with Crippen LogP contribution in [0.3, 0.4) is 0 Å². The molecule has 0 aliphatic carbocycles. The molecule has 2 amide bonds. The molecule has 0 unspecified atom stereocenters. The number of thiocarbonyl (C=S) groups is 1. The van der Waals surface area contributed by atoms with Gasteiger partial charge in [0.1, 0.15) is 0 Å². The van der Waals surface area contributed by atoms with Crippen LogP contribution in [0.2, 0.25) is 0 Å². The Balaban J connectivity index is 1.41. The van der Waals surface area contributed by atoms with Crippen molar-refractivity contribution >= 4 is 41.4 Å². The number of nitrogens with zero attached hydrogens (tertiary/aromatic N) is 2.